The predicted octanol–water partition coefficient (Wildman–Crippen LogP) is 8.94. The Morgan fingerprint density at radius 2 is 1.28 bits per heavy atom. The Balaban J connectivity index is 0.000000202. The van der Waals surface area contributed by atoms with Crippen LogP contribution < -0.4 is 4.72 Å². The summed E-state index contributed by atoms with van der Waals surface area (Å²) in [5.74, 6) is 0. The zero-order valence-electron chi connectivity index (χ0n) is 24.1. The van der Waals surface area contributed by atoms with Crippen LogP contribution in [0.5, 0.6) is 0 Å². The summed E-state index contributed by atoms with van der Waals surface area (Å²) >= 11 is 1.55. The van der Waals surface area contributed by atoms with Crippen LogP contribution in [0, 0.1) is 55.4 Å². The number of nitrogens with zero attached hydrogens (tertiary/aromatic N) is 1. The van der Waals surface area contributed by atoms with Crippen LogP contribution in [0.1, 0.15) is 44.0 Å². The third kappa shape index (κ3) is 8.50. The molecule has 0 aliphatic carbocycles. The largest absolute Gasteiger partial charge is 0.280 e. The van der Waals surface area contributed by atoms with Crippen LogP contribution in [0.25, 0.3) is 10.2 Å². The number of sulfonamides is 1. The summed E-state index contributed by atoms with van der Waals surface area (Å²) < 4.78 is 28.8. The van der Waals surface area contributed by atoms with Gasteiger partial charge < -0.3 is 0 Å². The predicted molar refractivity (Wildman–Crippen MR) is 168 cm³/mol. The number of hydrogen-bond acceptors (Lipinski definition) is 4. The van der Waals surface area contributed by atoms with Crippen molar-refractivity contribution in [2.24, 2.45) is 0 Å². The van der Waals surface area contributed by atoms with E-state index >= 15 is 0 Å². The molecule has 0 atom stereocenters. The standard InChI is InChI=1S/C16H16N2O2S2.C10H14.C7H8/c1-10-4-5-11(2)16(8-10)22(19,20)18-13-6-7-14-15(9-13)21-12(3)17-14;1-7-5-8(2)10(4)9(3)6-7;1-7-5-3-2-4-6-7/h4-9,18H,1-3H3;5-6H,1-4H3;2-6H,1H3. The first-order chi connectivity index (χ1) is 18.4. The molecule has 0 unspecified atom stereocenters. The zero-order chi connectivity index (χ0) is 28.7. The van der Waals surface area contributed by atoms with Gasteiger partial charge in [-0.15, -0.1) is 11.3 Å². The van der Waals surface area contributed by atoms with Crippen LogP contribution in [0.3, 0.4) is 0 Å². The van der Waals surface area contributed by atoms with E-state index in [0.29, 0.717) is 10.6 Å². The van der Waals surface area contributed by atoms with E-state index in [1.807, 2.05) is 56.3 Å². The molecule has 0 saturated heterocycles. The summed E-state index contributed by atoms with van der Waals surface area (Å²) in [6, 6.07) is 25.5. The number of hydrogen-bond donors (Lipinski definition) is 1. The Morgan fingerprint density at radius 1 is 0.641 bits per heavy atom. The van der Waals surface area contributed by atoms with Gasteiger partial charge in [0.25, 0.3) is 10.0 Å². The maximum absolute atomic E-state index is 12.6. The van der Waals surface area contributed by atoms with Crippen molar-refractivity contribution in [1.29, 1.82) is 0 Å². The zero-order valence-corrected chi connectivity index (χ0v) is 25.7. The molecule has 1 heterocycles. The second-order valence-electron chi connectivity index (χ2n) is 9.97. The molecule has 4 nitrogen and oxygen atoms in total. The molecule has 1 N–H and O–H groups in total. The molecule has 0 spiro atoms. The highest BCUT2D eigenvalue weighted by Gasteiger charge is 2.17. The minimum absolute atomic E-state index is 0.313. The maximum Gasteiger partial charge on any atom is 0.262 e. The molecule has 39 heavy (non-hydrogen) atoms. The average molecular weight is 559 g/mol. The van der Waals surface area contributed by atoms with E-state index in [-0.39, 0.29) is 0 Å². The van der Waals surface area contributed by atoms with E-state index in [2.05, 4.69) is 68.6 Å². The molecule has 204 valence electrons. The van der Waals surface area contributed by atoms with Gasteiger partial charge in [-0.2, -0.15) is 0 Å². The number of fused-ring (bicyclic) bond motifs is 1. The Kier molecular flexibility index (Phi) is 10.1. The average Bonchev–Trinajstić information content (AvgIpc) is 3.24. The second-order valence-corrected chi connectivity index (χ2v) is 12.9. The van der Waals surface area contributed by atoms with E-state index < -0.39 is 10.0 Å². The van der Waals surface area contributed by atoms with Gasteiger partial charge in [0.05, 0.1) is 25.8 Å². The minimum Gasteiger partial charge on any atom is -0.280 e. The number of aryl methyl sites for hydroxylation is 7. The maximum atomic E-state index is 12.6. The topological polar surface area (TPSA) is 59.1 Å². The smallest absolute Gasteiger partial charge is 0.262 e. The first kappa shape index (κ1) is 30.1. The van der Waals surface area contributed by atoms with E-state index in [0.717, 1.165) is 26.4 Å². The number of benzene rings is 4. The fourth-order valence-corrected chi connectivity index (χ4v) is 6.34. The van der Waals surface area contributed by atoms with Crippen molar-refractivity contribution in [2.75, 3.05) is 4.72 Å². The highest BCUT2D eigenvalue weighted by molar-refractivity contribution is 7.92. The molecular formula is C33H38N2O2S2. The van der Waals surface area contributed by atoms with Crippen molar-refractivity contribution >= 4 is 37.3 Å². The van der Waals surface area contributed by atoms with E-state index in [9.17, 15) is 8.42 Å². The van der Waals surface area contributed by atoms with E-state index in [1.54, 1.807) is 30.4 Å². The SMILES string of the molecule is Cc1cc(C)c(C)c(C)c1.Cc1ccc(C)c(S(=O)(=O)Nc2ccc3nc(C)sc3c2)c1.Cc1ccccc1. The fraction of sp³-hybridized carbons (Fsp3) is 0.242. The summed E-state index contributed by atoms with van der Waals surface area (Å²) in [5, 5.41) is 0.963. The molecule has 1 aromatic heterocycles. The Bertz CT molecular complexity index is 1650. The molecular weight excluding hydrogens is 521 g/mol. The van der Waals surface area contributed by atoms with Crippen molar-refractivity contribution < 1.29 is 8.42 Å². The van der Waals surface area contributed by atoms with Crippen molar-refractivity contribution in [2.45, 2.75) is 60.3 Å². The van der Waals surface area contributed by atoms with E-state index in [1.165, 1.54) is 27.8 Å². The Morgan fingerprint density at radius 3 is 1.87 bits per heavy atom. The van der Waals surface area contributed by atoms with Crippen molar-refractivity contribution in [3.8, 4) is 0 Å². The Hall–Kier alpha value is -3.48. The highest BCUT2D eigenvalue weighted by atomic mass is 32.2. The van der Waals surface area contributed by atoms with Gasteiger partial charge in [0.15, 0.2) is 0 Å². The van der Waals surface area contributed by atoms with Crippen LogP contribution in [-0.4, -0.2) is 13.4 Å². The number of anilines is 1. The molecule has 0 fully saturated rings. The number of rotatable bonds is 3. The quantitative estimate of drug-likeness (QED) is 0.240. The lowest BCUT2D eigenvalue weighted by molar-refractivity contribution is 0.600. The molecule has 6 heteroatoms. The normalized spacial score (nSPS) is 10.8. The summed E-state index contributed by atoms with van der Waals surface area (Å²) in [7, 11) is -3.59. The number of aromatic nitrogens is 1. The summed E-state index contributed by atoms with van der Waals surface area (Å²) in [4.78, 5) is 4.69. The molecule has 0 aliphatic heterocycles. The van der Waals surface area contributed by atoms with E-state index in [4.69, 9.17) is 0 Å². The molecule has 0 radical (unpaired) electrons. The molecule has 0 bridgehead atoms. The molecule has 4 aromatic carbocycles. The van der Waals surface area contributed by atoms with Gasteiger partial charge in [-0.3, -0.25) is 4.72 Å². The van der Waals surface area contributed by atoms with Gasteiger partial charge in [-0.1, -0.05) is 65.7 Å². The molecule has 0 aliphatic rings. The molecule has 5 rings (SSSR count). The third-order valence-corrected chi connectivity index (χ3v) is 8.85. The van der Waals surface area contributed by atoms with Gasteiger partial charge in [0.1, 0.15) is 0 Å². The summed E-state index contributed by atoms with van der Waals surface area (Å²) in [6.07, 6.45) is 0. The molecule has 5 aromatic rings. The number of nitrogens with one attached hydrogen (secondary N) is 1. The van der Waals surface area contributed by atoms with Crippen LogP contribution in [-0.2, 0) is 10.0 Å². The van der Waals surface area contributed by atoms with Gasteiger partial charge in [-0.05, 0) is 107 Å². The number of thiazole rings is 1. The van der Waals surface area contributed by atoms with Gasteiger partial charge in [0.2, 0.25) is 0 Å². The van der Waals surface area contributed by atoms with Crippen molar-refractivity contribution in [3.05, 3.63) is 123 Å². The lowest BCUT2D eigenvalue weighted by atomic mass is 10.0. The monoisotopic (exact) mass is 558 g/mol. The van der Waals surface area contributed by atoms with Gasteiger partial charge in [0, 0.05) is 0 Å². The third-order valence-electron chi connectivity index (χ3n) is 6.39. The minimum atomic E-state index is -3.59. The van der Waals surface area contributed by atoms with Crippen molar-refractivity contribution in [1.82, 2.24) is 4.98 Å². The van der Waals surface area contributed by atoms with Crippen molar-refractivity contribution in [3.63, 3.8) is 0 Å². The second kappa shape index (κ2) is 13.0. The molecule has 0 amide bonds. The lowest BCUT2D eigenvalue weighted by Crippen LogP contribution is -2.14. The highest BCUT2D eigenvalue weighted by Crippen LogP contribution is 2.27. The Labute approximate surface area is 237 Å². The van der Waals surface area contributed by atoms with Crippen LogP contribution in [0.15, 0.2) is 83.8 Å². The first-order valence-corrected chi connectivity index (χ1v) is 15.2. The lowest BCUT2D eigenvalue weighted by Gasteiger charge is -2.11. The first-order valence-electron chi connectivity index (χ1n) is 12.9. The fourth-order valence-electron chi connectivity index (χ4n) is 4.10. The van der Waals surface area contributed by atoms with Crippen LogP contribution in [0.2, 0.25) is 0 Å². The molecule has 0 saturated carbocycles. The summed E-state index contributed by atoms with van der Waals surface area (Å²) in [6.45, 7) is 16.3. The van der Waals surface area contributed by atoms with Gasteiger partial charge in [-0.25, -0.2) is 13.4 Å². The van der Waals surface area contributed by atoms with Gasteiger partial charge >= 0.3 is 0 Å². The van der Waals surface area contributed by atoms with Crippen LogP contribution in [0.4, 0.5) is 5.69 Å². The van der Waals surface area contributed by atoms with Crippen LogP contribution >= 0.6 is 11.3 Å². The summed E-state index contributed by atoms with van der Waals surface area (Å²) in [5.41, 5.74) is 9.99.